The molecule has 0 saturated carbocycles. The molecule has 11 nitrogen and oxygen atoms in total. The van der Waals surface area contributed by atoms with E-state index in [9.17, 15) is 5.11 Å². The normalized spacial score (nSPS) is 16.1. The lowest BCUT2D eigenvalue weighted by Gasteiger charge is -2.41. The molecule has 0 radical (unpaired) electrons. The van der Waals surface area contributed by atoms with Crippen LogP contribution in [0.2, 0.25) is 0 Å². The fourth-order valence-electron chi connectivity index (χ4n) is 4.03. The molecule has 1 N–H and O–H groups in total. The molecule has 1 fully saturated rings. The van der Waals surface area contributed by atoms with E-state index in [-0.39, 0.29) is 12.6 Å². The number of ether oxygens (including phenoxy) is 1. The van der Waals surface area contributed by atoms with Gasteiger partial charge in [0.2, 0.25) is 11.9 Å². The highest BCUT2D eigenvalue weighted by Gasteiger charge is 2.30. The van der Waals surface area contributed by atoms with Gasteiger partial charge >= 0.3 is 0 Å². The summed E-state index contributed by atoms with van der Waals surface area (Å²) in [6.07, 6.45) is 18.0. The van der Waals surface area contributed by atoms with E-state index in [1.165, 1.54) is 0 Å². The van der Waals surface area contributed by atoms with E-state index in [0.29, 0.717) is 37.2 Å². The zero-order valence-corrected chi connectivity index (χ0v) is 19.9. The molecule has 1 aliphatic heterocycles. The molecule has 11 heteroatoms. The fraction of sp³-hybridized carbons (Fsp3) is 0.280. The lowest BCUT2D eigenvalue weighted by molar-refractivity contribution is 0.173. The first-order valence-corrected chi connectivity index (χ1v) is 11.6. The molecule has 0 amide bonds. The van der Waals surface area contributed by atoms with Gasteiger partial charge in [-0.15, -0.1) is 0 Å². The number of aliphatic hydroxyl groups is 1. The molecule has 0 bridgehead atoms. The van der Waals surface area contributed by atoms with Crippen LogP contribution in [-0.4, -0.2) is 79.0 Å². The molecule has 184 valence electrons. The van der Waals surface area contributed by atoms with Gasteiger partial charge < -0.3 is 19.6 Å². The van der Waals surface area contributed by atoms with Gasteiger partial charge in [-0.1, -0.05) is 12.2 Å². The Morgan fingerprint density at radius 2 is 1.69 bits per heavy atom. The second-order valence-corrected chi connectivity index (χ2v) is 8.37. The SMILES string of the molecule is COC[C@H]1CN(c2ncc(/C=C/c3ccc(-n4ccnc4)nc3)cn2)CCN1c1ncc(CO)cn1. The van der Waals surface area contributed by atoms with Crippen LogP contribution in [0, 0.1) is 0 Å². The van der Waals surface area contributed by atoms with Gasteiger partial charge in [-0.05, 0) is 17.7 Å². The summed E-state index contributed by atoms with van der Waals surface area (Å²) in [6.45, 7) is 2.57. The quantitative estimate of drug-likeness (QED) is 0.396. The Labute approximate surface area is 208 Å². The second-order valence-electron chi connectivity index (χ2n) is 8.37. The van der Waals surface area contributed by atoms with E-state index in [0.717, 1.165) is 23.5 Å². The zero-order valence-electron chi connectivity index (χ0n) is 19.9. The van der Waals surface area contributed by atoms with Crippen molar-refractivity contribution in [3.63, 3.8) is 0 Å². The van der Waals surface area contributed by atoms with Gasteiger partial charge in [-0.25, -0.2) is 29.9 Å². The molecular formula is C25H27N9O2. The lowest BCUT2D eigenvalue weighted by atomic mass is 10.2. The molecule has 5 heterocycles. The van der Waals surface area contributed by atoms with Crippen molar-refractivity contribution in [3.8, 4) is 5.82 Å². The molecule has 4 aromatic heterocycles. The minimum Gasteiger partial charge on any atom is -0.392 e. The summed E-state index contributed by atoms with van der Waals surface area (Å²) in [6, 6.07) is 4.00. The average Bonchev–Trinajstić information content (AvgIpc) is 3.48. The minimum absolute atomic E-state index is 0.0460. The van der Waals surface area contributed by atoms with Gasteiger partial charge in [-0.2, -0.15) is 0 Å². The standard InChI is InChI=1S/C25H27N9O2/c1-36-17-22-15-32(8-9-34(22)25-30-13-21(16-35)14-31-25)24-28-11-20(12-29-24)3-2-19-4-5-23(27-10-19)33-7-6-26-18-33/h2-7,10-14,18,22,35H,8-9,15-17H2,1H3/b3-2+/t22-/m1/s1. The van der Waals surface area contributed by atoms with Crippen LogP contribution >= 0.6 is 0 Å². The van der Waals surface area contributed by atoms with E-state index in [1.54, 1.807) is 32.0 Å². The number of imidazole rings is 1. The molecule has 0 aliphatic carbocycles. The van der Waals surface area contributed by atoms with Crippen molar-refractivity contribution in [1.29, 1.82) is 0 Å². The number of piperazine rings is 1. The van der Waals surface area contributed by atoms with Crippen molar-refractivity contribution in [2.75, 3.05) is 43.2 Å². The molecule has 4 aromatic rings. The third-order valence-corrected chi connectivity index (χ3v) is 5.92. The molecular weight excluding hydrogens is 458 g/mol. The summed E-state index contributed by atoms with van der Waals surface area (Å²) < 4.78 is 7.32. The minimum atomic E-state index is -0.0759. The van der Waals surface area contributed by atoms with Crippen LogP contribution in [0.15, 0.2) is 61.8 Å². The number of pyridine rings is 1. The lowest BCUT2D eigenvalue weighted by Crippen LogP contribution is -2.56. The summed E-state index contributed by atoms with van der Waals surface area (Å²) in [5.74, 6) is 2.12. The molecule has 0 aromatic carbocycles. The number of hydrogen-bond donors (Lipinski definition) is 1. The first kappa shape index (κ1) is 23.5. The van der Waals surface area contributed by atoms with Crippen LogP contribution in [-0.2, 0) is 11.3 Å². The van der Waals surface area contributed by atoms with Gasteiger partial charge in [0.15, 0.2) is 0 Å². The smallest absolute Gasteiger partial charge is 0.225 e. The van der Waals surface area contributed by atoms with Gasteiger partial charge in [-0.3, -0.25) is 4.57 Å². The van der Waals surface area contributed by atoms with E-state index in [2.05, 4.69) is 39.7 Å². The molecule has 1 saturated heterocycles. The van der Waals surface area contributed by atoms with Crippen molar-refractivity contribution in [3.05, 3.63) is 78.5 Å². The Bertz CT molecular complexity index is 1260. The summed E-state index contributed by atoms with van der Waals surface area (Å²) >= 11 is 0. The van der Waals surface area contributed by atoms with Crippen molar-refractivity contribution >= 4 is 24.0 Å². The zero-order chi connectivity index (χ0) is 24.7. The number of aliphatic hydroxyl groups excluding tert-OH is 1. The molecule has 5 rings (SSSR count). The Kier molecular flexibility index (Phi) is 7.20. The Morgan fingerprint density at radius 3 is 2.36 bits per heavy atom. The maximum absolute atomic E-state index is 9.25. The maximum Gasteiger partial charge on any atom is 0.225 e. The molecule has 1 aliphatic rings. The number of methoxy groups -OCH3 is 1. The largest absolute Gasteiger partial charge is 0.392 e. The summed E-state index contributed by atoms with van der Waals surface area (Å²) in [5.41, 5.74) is 2.57. The monoisotopic (exact) mass is 485 g/mol. The predicted octanol–water partition coefficient (Wildman–Crippen LogP) is 1.85. The molecule has 36 heavy (non-hydrogen) atoms. The number of hydrogen-bond acceptors (Lipinski definition) is 10. The van der Waals surface area contributed by atoms with Gasteiger partial charge in [0.1, 0.15) is 12.1 Å². The number of nitrogens with zero attached hydrogens (tertiary/aromatic N) is 9. The van der Waals surface area contributed by atoms with Crippen molar-refractivity contribution < 1.29 is 9.84 Å². The highest BCUT2D eigenvalue weighted by atomic mass is 16.5. The van der Waals surface area contributed by atoms with E-state index in [4.69, 9.17) is 4.74 Å². The second kappa shape index (κ2) is 11.0. The summed E-state index contributed by atoms with van der Waals surface area (Å²) in [7, 11) is 1.69. The number of rotatable bonds is 8. The van der Waals surface area contributed by atoms with Gasteiger partial charge in [0.05, 0.1) is 19.3 Å². The number of anilines is 2. The van der Waals surface area contributed by atoms with E-state index in [1.807, 2.05) is 53.6 Å². The first-order valence-electron chi connectivity index (χ1n) is 11.6. The van der Waals surface area contributed by atoms with Crippen molar-refractivity contribution in [1.82, 2.24) is 34.5 Å². The van der Waals surface area contributed by atoms with Crippen molar-refractivity contribution in [2.45, 2.75) is 12.6 Å². The van der Waals surface area contributed by atoms with E-state index >= 15 is 0 Å². The summed E-state index contributed by atoms with van der Waals surface area (Å²) in [4.78, 5) is 30.8. The number of aromatic nitrogens is 7. The van der Waals surface area contributed by atoms with Crippen LogP contribution in [0.3, 0.4) is 0 Å². The molecule has 0 spiro atoms. The van der Waals surface area contributed by atoms with Gasteiger partial charge in [0, 0.05) is 81.2 Å². The molecule has 1 atom stereocenters. The van der Waals surface area contributed by atoms with Crippen LogP contribution in [0.25, 0.3) is 18.0 Å². The van der Waals surface area contributed by atoms with Crippen molar-refractivity contribution in [2.24, 2.45) is 0 Å². The van der Waals surface area contributed by atoms with Crippen LogP contribution < -0.4 is 9.80 Å². The maximum atomic E-state index is 9.25. The third kappa shape index (κ3) is 5.37. The predicted molar refractivity (Wildman–Crippen MR) is 135 cm³/mol. The fourth-order valence-corrected chi connectivity index (χ4v) is 4.03. The van der Waals surface area contributed by atoms with Crippen LogP contribution in [0.5, 0.6) is 0 Å². The third-order valence-electron chi connectivity index (χ3n) is 5.92. The van der Waals surface area contributed by atoms with Crippen LogP contribution in [0.1, 0.15) is 16.7 Å². The highest BCUT2D eigenvalue weighted by Crippen LogP contribution is 2.20. The average molecular weight is 486 g/mol. The molecule has 0 unspecified atom stereocenters. The van der Waals surface area contributed by atoms with E-state index < -0.39 is 0 Å². The van der Waals surface area contributed by atoms with Gasteiger partial charge in [0.25, 0.3) is 0 Å². The Balaban J connectivity index is 1.22. The first-order chi connectivity index (χ1) is 17.7. The highest BCUT2D eigenvalue weighted by molar-refractivity contribution is 5.68. The Morgan fingerprint density at radius 1 is 0.944 bits per heavy atom. The summed E-state index contributed by atoms with van der Waals surface area (Å²) in [5, 5.41) is 9.25. The topological polar surface area (TPSA) is 118 Å². The Hall–Kier alpha value is -4.22. The van der Waals surface area contributed by atoms with Crippen LogP contribution in [0.4, 0.5) is 11.9 Å².